The van der Waals surface area contributed by atoms with Crippen molar-refractivity contribution in [1.29, 1.82) is 0 Å². The van der Waals surface area contributed by atoms with Crippen LogP contribution in [0.2, 0.25) is 10.0 Å². The molecule has 3 rings (SSSR count). The molecule has 0 aliphatic heterocycles. The predicted molar refractivity (Wildman–Crippen MR) is 118 cm³/mol. The fraction of sp³-hybridized carbons (Fsp3) is 0.286. The van der Waals surface area contributed by atoms with E-state index < -0.39 is 0 Å². The zero-order valence-corrected chi connectivity index (χ0v) is 18.2. The normalized spacial score (nSPS) is 11.4. The molecule has 1 aromatic heterocycles. The average Bonchev–Trinajstić information content (AvgIpc) is 2.92. The molecule has 0 aliphatic carbocycles. The number of rotatable bonds is 7. The van der Waals surface area contributed by atoms with E-state index in [1.807, 2.05) is 36.4 Å². The largest absolute Gasteiger partial charge is 0.399 e. The molecular formula is C21H23Cl2N3OS. The van der Waals surface area contributed by atoms with E-state index in [0.29, 0.717) is 23.0 Å². The molecular weight excluding hydrogens is 413 g/mol. The van der Waals surface area contributed by atoms with E-state index in [1.54, 1.807) is 17.8 Å². The summed E-state index contributed by atoms with van der Waals surface area (Å²) in [5.41, 5.74) is 8.76. The van der Waals surface area contributed by atoms with Gasteiger partial charge < -0.3 is 15.4 Å². The van der Waals surface area contributed by atoms with Gasteiger partial charge in [-0.1, -0.05) is 60.9 Å². The van der Waals surface area contributed by atoms with E-state index in [-0.39, 0.29) is 12.5 Å². The van der Waals surface area contributed by atoms with Crippen LogP contribution in [0, 0.1) is 0 Å². The third kappa shape index (κ3) is 5.03. The number of benzene rings is 2. The molecule has 0 radical (unpaired) electrons. The van der Waals surface area contributed by atoms with Gasteiger partial charge in [0.1, 0.15) is 10.9 Å². The molecule has 0 unspecified atom stereocenters. The second-order valence-corrected chi connectivity index (χ2v) is 8.82. The van der Waals surface area contributed by atoms with Gasteiger partial charge in [-0.25, -0.2) is 4.98 Å². The number of aliphatic hydroxyl groups excluding tert-OH is 1. The highest BCUT2D eigenvalue weighted by molar-refractivity contribution is 7.99. The van der Waals surface area contributed by atoms with Crippen LogP contribution in [-0.4, -0.2) is 21.3 Å². The highest BCUT2D eigenvalue weighted by Crippen LogP contribution is 2.37. The summed E-state index contributed by atoms with van der Waals surface area (Å²) in [4.78, 5) is 5.79. The fourth-order valence-electron chi connectivity index (χ4n) is 3.01. The zero-order chi connectivity index (χ0) is 20.3. The summed E-state index contributed by atoms with van der Waals surface area (Å²) in [5, 5.41) is 11.8. The van der Waals surface area contributed by atoms with Crippen molar-refractivity contribution >= 4 is 40.7 Å². The molecule has 0 aliphatic rings. The number of imidazole rings is 1. The number of halogens is 2. The first-order valence-electron chi connectivity index (χ1n) is 9.06. The van der Waals surface area contributed by atoms with Crippen LogP contribution in [0.25, 0.3) is 0 Å². The van der Waals surface area contributed by atoms with Gasteiger partial charge in [-0.05, 0) is 41.8 Å². The van der Waals surface area contributed by atoms with Gasteiger partial charge in [-0.3, -0.25) is 0 Å². The first kappa shape index (κ1) is 21.1. The molecule has 0 saturated carbocycles. The Kier molecular flexibility index (Phi) is 6.94. The van der Waals surface area contributed by atoms with Gasteiger partial charge in [0.05, 0.1) is 12.3 Å². The van der Waals surface area contributed by atoms with E-state index in [1.165, 1.54) is 0 Å². The standard InChI is InChI=1S/C21H23Cl2N3OS/c1-13(2)20-21(28-18-10-15(22)9-16(23)11-18)26(19(25-20)6-7-27)12-14-4-3-5-17(24)8-14/h3-5,8-11,13,27H,6-7,12,24H2,1-2H3. The highest BCUT2D eigenvalue weighted by atomic mass is 35.5. The summed E-state index contributed by atoms with van der Waals surface area (Å²) in [5.74, 6) is 1.08. The molecule has 0 saturated heterocycles. The Morgan fingerprint density at radius 3 is 2.46 bits per heavy atom. The molecule has 0 amide bonds. The summed E-state index contributed by atoms with van der Waals surface area (Å²) in [6.07, 6.45) is 0.485. The lowest BCUT2D eigenvalue weighted by atomic mass is 10.1. The Balaban J connectivity index is 2.09. The molecule has 1 heterocycles. The molecule has 28 heavy (non-hydrogen) atoms. The molecule has 7 heteroatoms. The summed E-state index contributed by atoms with van der Waals surface area (Å²) in [6, 6.07) is 13.3. The molecule has 148 valence electrons. The van der Waals surface area contributed by atoms with E-state index in [0.717, 1.165) is 32.7 Å². The quantitative estimate of drug-likeness (QED) is 0.471. The second-order valence-electron chi connectivity index (χ2n) is 6.89. The van der Waals surface area contributed by atoms with Gasteiger partial charge in [-0.2, -0.15) is 0 Å². The lowest BCUT2D eigenvalue weighted by Crippen LogP contribution is -2.08. The van der Waals surface area contributed by atoms with Crippen molar-refractivity contribution in [2.75, 3.05) is 12.3 Å². The summed E-state index contributed by atoms with van der Waals surface area (Å²) < 4.78 is 2.15. The van der Waals surface area contributed by atoms with Crippen molar-refractivity contribution in [3.8, 4) is 0 Å². The van der Waals surface area contributed by atoms with Crippen LogP contribution < -0.4 is 5.73 Å². The number of nitrogens with two attached hydrogens (primary N) is 1. The number of nitrogens with zero attached hydrogens (tertiary/aromatic N) is 2. The molecule has 3 aromatic rings. The van der Waals surface area contributed by atoms with E-state index >= 15 is 0 Å². The van der Waals surface area contributed by atoms with Crippen molar-refractivity contribution in [1.82, 2.24) is 9.55 Å². The van der Waals surface area contributed by atoms with Crippen LogP contribution in [0.5, 0.6) is 0 Å². The van der Waals surface area contributed by atoms with E-state index in [9.17, 15) is 5.11 Å². The maximum atomic E-state index is 9.54. The lowest BCUT2D eigenvalue weighted by Gasteiger charge is -2.14. The minimum absolute atomic E-state index is 0.0403. The topological polar surface area (TPSA) is 64.1 Å². The molecule has 3 N–H and O–H groups in total. The number of hydrogen-bond donors (Lipinski definition) is 2. The highest BCUT2D eigenvalue weighted by Gasteiger charge is 2.21. The van der Waals surface area contributed by atoms with Crippen molar-refractivity contribution < 1.29 is 5.11 Å². The first-order valence-corrected chi connectivity index (χ1v) is 10.6. The minimum Gasteiger partial charge on any atom is -0.399 e. The van der Waals surface area contributed by atoms with Crippen LogP contribution in [-0.2, 0) is 13.0 Å². The Bertz CT molecular complexity index is 952. The van der Waals surface area contributed by atoms with Gasteiger partial charge in [0, 0.05) is 33.6 Å². The second kappa shape index (κ2) is 9.23. The Labute approximate surface area is 179 Å². The summed E-state index contributed by atoms with van der Waals surface area (Å²) in [6.45, 7) is 4.89. The van der Waals surface area contributed by atoms with Gasteiger partial charge in [0.15, 0.2) is 0 Å². The molecule has 0 bridgehead atoms. The molecule has 0 fully saturated rings. The SMILES string of the molecule is CC(C)c1nc(CCO)n(Cc2cccc(N)c2)c1Sc1cc(Cl)cc(Cl)c1. The Morgan fingerprint density at radius 1 is 1.14 bits per heavy atom. The maximum Gasteiger partial charge on any atom is 0.112 e. The predicted octanol–water partition coefficient (Wildman–Crippen LogP) is 5.63. The van der Waals surface area contributed by atoms with Crippen molar-refractivity contribution in [3.63, 3.8) is 0 Å². The van der Waals surface area contributed by atoms with E-state index in [2.05, 4.69) is 18.4 Å². The molecule has 0 atom stereocenters. The summed E-state index contributed by atoms with van der Waals surface area (Å²) >= 11 is 14.0. The van der Waals surface area contributed by atoms with Crippen molar-refractivity contribution in [2.45, 2.75) is 42.7 Å². The number of anilines is 1. The smallest absolute Gasteiger partial charge is 0.112 e. The third-order valence-corrected chi connectivity index (χ3v) is 5.78. The fourth-order valence-corrected chi connectivity index (χ4v) is 4.93. The number of hydrogen-bond acceptors (Lipinski definition) is 4. The van der Waals surface area contributed by atoms with Crippen molar-refractivity contribution in [2.24, 2.45) is 0 Å². The zero-order valence-electron chi connectivity index (χ0n) is 15.8. The first-order chi connectivity index (χ1) is 13.4. The minimum atomic E-state index is 0.0403. The third-order valence-electron chi connectivity index (χ3n) is 4.25. The Morgan fingerprint density at radius 2 is 1.86 bits per heavy atom. The van der Waals surface area contributed by atoms with Crippen molar-refractivity contribution in [3.05, 3.63) is 69.6 Å². The van der Waals surface area contributed by atoms with Gasteiger partial charge in [0.25, 0.3) is 0 Å². The number of aliphatic hydroxyl groups is 1. The van der Waals surface area contributed by atoms with Gasteiger partial charge in [0.2, 0.25) is 0 Å². The summed E-state index contributed by atoms with van der Waals surface area (Å²) in [7, 11) is 0. The lowest BCUT2D eigenvalue weighted by molar-refractivity contribution is 0.294. The van der Waals surface area contributed by atoms with Crippen LogP contribution >= 0.6 is 35.0 Å². The van der Waals surface area contributed by atoms with Gasteiger partial charge >= 0.3 is 0 Å². The van der Waals surface area contributed by atoms with Crippen LogP contribution in [0.3, 0.4) is 0 Å². The van der Waals surface area contributed by atoms with Gasteiger partial charge in [-0.15, -0.1) is 0 Å². The maximum absolute atomic E-state index is 9.54. The van der Waals surface area contributed by atoms with Crippen LogP contribution in [0.1, 0.15) is 36.8 Å². The monoisotopic (exact) mass is 435 g/mol. The van der Waals surface area contributed by atoms with Crippen LogP contribution in [0.15, 0.2) is 52.4 Å². The molecule has 0 spiro atoms. The molecule has 2 aromatic carbocycles. The number of nitrogen functional groups attached to an aromatic ring is 1. The van der Waals surface area contributed by atoms with E-state index in [4.69, 9.17) is 33.9 Å². The van der Waals surface area contributed by atoms with Crippen LogP contribution in [0.4, 0.5) is 5.69 Å². The Hall–Kier alpha value is -1.66. The molecule has 4 nitrogen and oxygen atoms in total. The average molecular weight is 436 g/mol. The number of aromatic nitrogens is 2.